The Kier molecular flexibility index (Phi) is 7.35. The average molecular weight is 477 g/mol. The normalized spacial score (nSPS) is 15.4. The molecule has 180 valence electrons. The van der Waals surface area contributed by atoms with Crippen molar-refractivity contribution in [2.24, 2.45) is 0 Å². The van der Waals surface area contributed by atoms with Crippen molar-refractivity contribution in [2.45, 2.75) is 32.4 Å². The van der Waals surface area contributed by atoms with Crippen LogP contribution >= 0.6 is 0 Å². The molecule has 2 aromatic carbocycles. The van der Waals surface area contributed by atoms with Gasteiger partial charge in [-0.15, -0.1) is 0 Å². The first-order valence-corrected chi connectivity index (χ1v) is 11.3. The monoisotopic (exact) mass is 476 g/mol. The van der Waals surface area contributed by atoms with Crippen molar-refractivity contribution in [3.05, 3.63) is 84.4 Å². The molecule has 4 amide bonds. The number of hydrogen-bond acceptors (Lipinski definition) is 5. The molecule has 35 heavy (non-hydrogen) atoms. The number of amides is 4. The number of urea groups is 1. The maximum atomic E-state index is 13.4. The number of rotatable bonds is 9. The lowest BCUT2D eigenvalue weighted by Gasteiger charge is -2.21. The highest BCUT2D eigenvalue weighted by Crippen LogP contribution is 2.29. The SMILES string of the molecule is CCCOc1ccc(NC(=O)C[C@@H]2C(=O)N(c3ccc(F)cc3)C(=O)N2Cc2cccnc2)cc1. The quantitative estimate of drug-likeness (QED) is 0.463. The highest BCUT2D eigenvalue weighted by Gasteiger charge is 2.46. The van der Waals surface area contributed by atoms with E-state index >= 15 is 0 Å². The minimum Gasteiger partial charge on any atom is -0.494 e. The number of pyridine rings is 1. The van der Waals surface area contributed by atoms with Crippen LogP contribution in [0.3, 0.4) is 0 Å². The first-order chi connectivity index (χ1) is 17.0. The van der Waals surface area contributed by atoms with Gasteiger partial charge in [-0.05, 0) is 66.6 Å². The van der Waals surface area contributed by atoms with E-state index in [9.17, 15) is 18.8 Å². The van der Waals surface area contributed by atoms with E-state index in [0.717, 1.165) is 11.3 Å². The molecule has 1 aromatic heterocycles. The number of aromatic nitrogens is 1. The van der Waals surface area contributed by atoms with E-state index in [2.05, 4.69) is 10.3 Å². The summed E-state index contributed by atoms with van der Waals surface area (Å²) in [4.78, 5) is 45.8. The summed E-state index contributed by atoms with van der Waals surface area (Å²) in [6.45, 7) is 2.71. The number of carbonyl (C=O) groups is 3. The lowest BCUT2D eigenvalue weighted by atomic mass is 10.1. The third kappa shape index (κ3) is 5.63. The molecule has 1 N–H and O–H groups in total. The summed E-state index contributed by atoms with van der Waals surface area (Å²) in [6, 6.07) is 13.9. The zero-order chi connectivity index (χ0) is 24.8. The number of hydrogen-bond donors (Lipinski definition) is 1. The Balaban J connectivity index is 1.52. The van der Waals surface area contributed by atoms with Crippen molar-refractivity contribution in [1.29, 1.82) is 0 Å². The highest BCUT2D eigenvalue weighted by atomic mass is 19.1. The summed E-state index contributed by atoms with van der Waals surface area (Å²) in [7, 11) is 0. The van der Waals surface area contributed by atoms with Crippen molar-refractivity contribution in [3.63, 3.8) is 0 Å². The van der Waals surface area contributed by atoms with E-state index in [4.69, 9.17) is 4.74 Å². The molecule has 0 aliphatic carbocycles. The van der Waals surface area contributed by atoms with Gasteiger partial charge in [-0.2, -0.15) is 0 Å². The fourth-order valence-electron chi connectivity index (χ4n) is 3.77. The van der Waals surface area contributed by atoms with E-state index in [1.165, 1.54) is 29.2 Å². The molecule has 4 rings (SSSR count). The Bertz CT molecular complexity index is 1190. The predicted octanol–water partition coefficient (Wildman–Crippen LogP) is 4.38. The lowest BCUT2D eigenvalue weighted by molar-refractivity contribution is -0.124. The topological polar surface area (TPSA) is 91.8 Å². The molecule has 0 bridgehead atoms. The fraction of sp³-hybridized carbons (Fsp3) is 0.231. The van der Waals surface area contributed by atoms with Crippen LogP contribution in [-0.2, 0) is 16.1 Å². The van der Waals surface area contributed by atoms with Gasteiger partial charge in [-0.3, -0.25) is 14.6 Å². The second-order valence-corrected chi connectivity index (χ2v) is 8.06. The van der Waals surface area contributed by atoms with Gasteiger partial charge in [0.05, 0.1) is 18.7 Å². The van der Waals surface area contributed by atoms with Crippen molar-refractivity contribution >= 4 is 29.2 Å². The molecule has 1 atom stereocenters. The summed E-state index contributed by atoms with van der Waals surface area (Å²) in [5.41, 5.74) is 1.50. The molecule has 8 nitrogen and oxygen atoms in total. The Hall–Kier alpha value is -4.27. The first kappa shape index (κ1) is 23.9. The van der Waals surface area contributed by atoms with Crippen LogP contribution in [0.1, 0.15) is 25.3 Å². The second-order valence-electron chi connectivity index (χ2n) is 8.06. The fourth-order valence-corrected chi connectivity index (χ4v) is 3.77. The molecular weight excluding hydrogens is 451 g/mol. The number of ether oxygens (including phenoxy) is 1. The van der Waals surface area contributed by atoms with Crippen LogP contribution in [0, 0.1) is 5.82 Å². The first-order valence-electron chi connectivity index (χ1n) is 11.3. The van der Waals surface area contributed by atoms with Crippen LogP contribution in [0.15, 0.2) is 73.1 Å². The molecule has 0 unspecified atom stereocenters. The second kappa shape index (κ2) is 10.8. The molecule has 0 spiro atoms. The van der Waals surface area contributed by atoms with Crippen molar-refractivity contribution < 1.29 is 23.5 Å². The van der Waals surface area contributed by atoms with Crippen LogP contribution in [-0.4, -0.2) is 40.4 Å². The number of carbonyl (C=O) groups excluding carboxylic acids is 3. The molecule has 3 aromatic rings. The van der Waals surface area contributed by atoms with E-state index < -0.39 is 29.7 Å². The van der Waals surface area contributed by atoms with Gasteiger partial charge in [0.2, 0.25) is 5.91 Å². The molecule has 9 heteroatoms. The Morgan fingerprint density at radius 3 is 2.49 bits per heavy atom. The molecule has 1 aliphatic heterocycles. The number of benzene rings is 2. The zero-order valence-corrected chi connectivity index (χ0v) is 19.2. The molecular formula is C26H25FN4O4. The Morgan fingerprint density at radius 2 is 1.83 bits per heavy atom. The molecule has 1 fully saturated rings. The number of nitrogens with zero attached hydrogens (tertiary/aromatic N) is 3. The molecule has 2 heterocycles. The molecule has 1 aliphatic rings. The lowest BCUT2D eigenvalue weighted by Crippen LogP contribution is -2.37. The van der Waals surface area contributed by atoms with Crippen LogP contribution in [0.2, 0.25) is 0 Å². The number of imide groups is 1. The standard InChI is InChI=1S/C26H25FN4O4/c1-2-14-35-22-11-7-20(8-12-22)29-24(32)15-23-25(33)31(21-9-5-19(27)6-10-21)26(34)30(23)17-18-4-3-13-28-16-18/h3-13,16,23H,2,14-15,17H2,1H3,(H,29,32)/t23-/m1/s1. The van der Waals surface area contributed by atoms with Gasteiger partial charge < -0.3 is 15.0 Å². The third-order valence-corrected chi connectivity index (χ3v) is 5.47. The van der Waals surface area contributed by atoms with Gasteiger partial charge >= 0.3 is 6.03 Å². The maximum Gasteiger partial charge on any atom is 0.332 e. The van der Waals surface area contributed by atoms with Gasteiger partial charge in [0.15, 0.2) is 0 Å². The minimum absolute atomic E-state index is 0.0948. The summed E-state index contributed by atoms with van der Waals surface area (Å²) >= 11 is 0. The summed E-state index contributed by atoms with van der Waals surface area (Å²) in [5.74, 6) is -0.763. The van der Waals surface area contributed by atoms with Crippen LogP contribution in [0.4, 0.5) is 20.6 Å². The van der Waals surface area contributed by atoms with E-state index in [0.29, 0.717) is 23.6 Å². The van der Waals surface area contributed by atoms with Crippen molar-refractivity contribution in [3.8, 4) is 5.75 Å². The molecule has 0 saturated carbocycles. The maximum absolute atomic E-state index is 13.4. The van der Waals surface area contributed by atoms with E-state index in [1.54, 1.807) is 48.8 Å². The largest absolute Gasteiger partial charge is 0.494 e. The van der Waals surface area contributed by atoms with E-state index in [-0.39, 0.29) is 18.7 Å². The summed E-state index contributed by atoms with van der Waals surface area (Å²) in [6.07, 6.45) is 3.85. The van der Waals surface area contributed by atoms with Crippen LogP contribution < -0.4 is 15.0 Å². The van der Waals surface area contributed by atoms with Gasteiger partial charge in [0.25, 0.3) is 5.91 Å². The van der Waals surface area contributed by atoms with Gasteiger partial charge in [0, 0.05) is 24.6 Å². The Labute approximate surface area is 202 Å². The van der Waals surface area contributed by atoms with E-state index in [1.807, 2.05) is 6.92 Å². The predicted molar refractivity (Wildman–Crippen MR) is 128 cm³/mol. The number of halogens is 1. The summed E-state index contributed by atoms with van der Waals surface area (Å²) in [5, 5.41) is 2.77. The molecule has 0 radical (unpaired) electrons. The average Bonchev–Trinajstić information content (AvgIpc) is 3.08. The van der Waals surface area contributed by atoms with Gasteiger partial charge in [-0.25, -0.2) is 14.1 Å². The number of nitrogens with one attached hydrogen (secondary N) is 1. The zero-order valence-electron chi connectivity index (χ0n) is 19.2. The highest BCUT2D eigenvalue weighted by molar-refractivity contribution is 6.22. The van der Waals surface area contributed by atoms with Crippen molar-refractivity contribution in [2.75, 3.05) is 16.8 Å². The number of anilines is 2. The minimum atomic E-state index is -1.03. The van der Waals surface area contributed by atoms with Crippen molar-refractivity contribution in [1.82, 2.24) is 9.88 Å². The van der Waals surface area contributed by atoms with Gasteiger partial charge in [-0.1, -0.05) is 13.0 Å². The Morgan fingerprint density at radius 1 is 1.09 bits per heavy atom. The summed E-state index contributed by atoms with van der Waals surface area (Å²) < 4.78 is 19.0. The van der Waals surface area contributed by atoms with Crippen LogP contribution in [0.5, 0.6) is 5.75 Å². The van der Waals surface area contributed by atoms with Gasteiger partial charge in [0.1, 0.15) is 17.6 Å². The third-order valence-electron chi connectivity index (χ3n) is 5.47. The van der Waals surface area contributed by atoms with Crippen LogP contribution in [0.25, 0.3) is 0 Å². The smallest absolute Gasteiger partial charge is 0.332 e. The molecule has 1 saturated heterocycles.